The zero-order chi connectivity index (χ0) is 21.8. The average molecular weight is 412 g/mol. The van der Waals surface area contributed by atoms with Crippen molar-refractivity contribution in [2.45, 2.75) is 26.0 Å². The van der Waals surface area contributed by atoms with Gasteiger partial charge in [0.05, 0.1) is 6.21 Å². The minimum Gasteiger partial charge on any atom is -0.372 e. The highest BCUT2D eigenvalue weighted by atomic mass is 16.3. The van der Waals surface area contributed by atoms with E-state index in [1.165, 1.54) is 0 Å². The Morgan fingerprint density at radius 3 is 2.10 bits per heavy atom. The number of rotatable bonds is 6. The van der Waals surface area contributed by atoms with Crippen LogP contribution in [0.25, 0.3) is 10.9 Å². The van der Waals surface area contributed by atoms with Crippen molar-refractivity contribution < 1.29 is 9.90 Å². The van der Waals surface area contributed by atoms with E-state index in [1.807, 2.05) is 37.3 Å². The van der Waals surface area contributed by atoms with E-state index in [0.29, 0.717) is 11.1 Å². The number of nitrogens with one attached hydrogen (secondary N) is 1. The molecule has 0 saturated carbocycles. The Labute approximate surface area is 181 Å². The number of aliphatic hydroxyl groups is 1. The largest absolute Gasteiger partial charge is 0.372 e. The van der Waals surface area contributed by atoms with Crippen molar-refractivity contribution in [3.05, 3.63) is 107 Å². The molecule has 0 atom stereocenters. The molecule has 1 heterocycles. The number of amides is 1. The maximum Gasteiger partial charge on any atom is 0.281 e. The van der Waals surface area contributed by atoms with Crippen LogP contribution in [0, 0.1) is 6.92 Å². The first kappa shape index (κ1) is 20.6. The molecule has 0 aliphatic rings. The molecule has 5 nitrogen and oxygen atoms in total. The minimum absolute atomic E-state index is 0.479. The summed E-state index contributed by atoms with van der Waals surface area (Å²) in [5.74, 6) is -0.613. The summed E-state index contributed by atoms with van der Waals surface area (Å²) in [5.41, 5.74) is 4.81. The van der Waals surface area contributed by atoms with Crippen LogP contribution in [0.4, 0.5) is 0 Å². The van der Waals surface area contributed by atoms with Crippen molar-refractivity contribution in [2.75, 3.05) is 0 Å². The summed E-state index contributed by atoms with van der Waals surface area (Å²) in [7, 11) is 0. The molecule has 0 aliphatic heterocycles. The number of hydrogen-bond donors (Lipinski definition) is 2. The Morgan fingerprint density at radius 2 is 1.52 bits per heavy atom. The van der Waals surface area contributed by atoms with Gasteiger partial charge < -0.3 is 9.67 Å². The zero-order valence-electron chi connectivity index (χ0n) is 17.6. The van der Waals surface area contributed by atoms with Gasteiger partial charge in [-0.1, -0.05) is 78.9 Å². The fraction of sp³-hybridized carbons (Fsp3) is 0.154. The first-order valence-corrected chi connectivity index (χ1v) is 10.3. The molecule has 1 aromatic heterocycles. The van der Waals surface area contributed by atoms with Crippen LogP contribution in [0.1, 0.15) is 29.3 Å². The van der Waals surface area contributed by atoms with Crippen molar-refractivity contribution in [1.82, 2.24) is 9.99 Å². The van der Waals surface area contributed by atoms with E-state index in [1.54, 1.807) is 54.7 Å². The number of para-hydroxylation sites is 1. The summed E-state index contributed by atoms with van der Waals surface area (Å²) in [6.45, 7) is 4.98. The first-order chi connectivity index (χ1) is 15.1. The Kier molecular flexibility index (Phi) is 5.69. The molecule has 0 saturated heterocycles. The lowest BCUT2D eigenvalue weighted by atomic mass is 9.85. The lowest BCUT2D eigenvalue weighted by molar-refractivity contribution is -0.136. The van der Waals surface area contributed by atoms with Crippen LogP contribution in [0.3, 0.4) is 0 Å². The predicted molar refractivity (Wildman–Crippen MR) is 124 cm³/mol. The van der Waals surface area contributed by atoms with Gasteiger partial charge in [-0.15, -0.1) is 0 Å². The molecule has 31 heavy (non-hydrogen) atoms. The zero-order valence-corrected chi connectivity index (χ0v) is 17.6. The molecule has 1 amide bonds. The smallest absolute Gasteiger partial charge is 0.281 e. The summed E-state index contributed by atoms with van der Waals surface area (Å²) in [4.78, 5) is 13.2. The van der Waals surface area contributed by atoms with Crippen molar-refractivity contribution >= 4 is 23.0 Å². The van der Waals surface area contributed by atoms with E-state index in [4.69, 9.17) is 0 Å². The number of carbonyl (C=O) groups excluding carboxylic acids is 1. The SMILES string of the molecule is CCn1c(C)c(/C=N\NC(=O)C(O)(c2ccccc2)c2ccccc2)c2ccccc21. The number of benzene rings is 3. The number of aromatic nitrogens is 1. The van der Waals surface area contributed by atoms with Gasteiger partial charge in [-0.2, -0.15) is 5.10 Å². The highest BCUT2D eigenvalue weighted by Crippen LogP contribution is 2.30. The van der Waals surface area contributed by atoms with Gasteiger partial charge in [-0.3, -0.25) is 4.79 Å². The Hall–Kier alpha value is -3.70. The van der Waals surface area contributed by atoms with E-state index in [0.717, 1.165) is 28.7 Å². The average Bonchev–Trinajstić information content (AvgIpc) is 3.10. The van der Waals surface area contributed by atoms with E-state index in [9.17, 15) is 9.90 Å². The molecule has 0 spiro atoms. The second-order valence-electron chi connectivity index (χ2n) is 7.40. The van der Waals surface area contributed by atoms with Gasteiger partial charge in [0.25, 0.3) is 5.91 Å². The molecule has 3 aromatic carbocycles. The van der Waals surface area contributed by atoms with Crippen LogP contribution in [-0.2, 0) is 16.9 Å². The Bertz CT molecular complexity index is 1190. The highest BCUT2D eigenvalue weighted by molar-refractivity contribution is 6.01. The predicted octanol–water partition coefficient (Wildman–Crippen LogP) is 4.36. The van der Waals surface area contributed by atoms with Crippen molar-refractivity contribution in [1.29, 1.82) is 0 Å². The minimum atomic E-state index is -1.85. The van der Waals surface area contributed by atoms with Crippen LogP contribution in [0.5, 0.6) is 0 Å². The molecule has 0 bridgehead atoms. The Balaban J connectivity index is 1.68. The van der Waals surface area contributed by atoms with E-state index in [-0.39, 0.29) is 0 Å². The number of aryl methyl sites for hydroxylation is 1. The topological polar surface area (TPSA) is 66.6 Å². The summed E-state index contributed by atoms with van der Waals surface area (Å²) >= 11 is 0. The van der Waals surface area contributed by atoms with Crippen molar-refractivity contribution in [3.63, 3.8) is 0 Å². The molecule has 5 heteroatoms. The number of nitrogens with zero attached hydrogens (tertiary/aromatic N) is 2. The van der Waals surface area contributed by atoms with Crippen LogP contribution in [0.15, 0.2) is 90.0 Å². The summed E-state index contributed by atoms with van der Waals surface area (Å²) in [6.07, 6.45) is 1.65. The summed E-state index contributed by atoms with van der Waals surface area (Å²) in [5, 5.41) is 16.8. The van der Waals surface area contributed by atoms with Gasteiger partial charge in [-0.05, 0) is 31.0 Å². The summed E-state index contributed by atoms with van der Waals surface area (Å²) in [6, 6.07) is 25.9. The fourth-order valence-electron chi connectivity index (χ4n) is 4.05. The normalized spacial score (nSPS) is 11.8. The molecule has 4 rings (SSSR count). The van der Waals surface area contributed by atoms with E-state index in [2.05, 4.69) is 28.1 Å². The number of hydrazone groups is 1. The third-order valence-electron chi connectivity index (χ3n) is 5.67. The highest BCUT2D eigenvalue weighted by Gasteiger charge is 2.39. The van der Waals surface area contributed by atoms with Gasteiger partial charge in [0.15, 0.2) is 5.60 Å². The van der Waals surface area contributed by atoms with Crippen molar-refractivity contribution in [2.24, 2.45) is 5.10 Å². The molecule has 4 aromatic rings. The maximum absolute atomic E-state index is 13.2. The number of hydrogen-bond acceptors (Lipinski definition) is 3. The van der Waals surface area contributed by atoms with Gasteiger partial charge >= 0.3 is 0 Å². The molecular weight excluding hydrogens is 386 g/mol. The van der Waals surface area contributed by atoms with Crippen LogP contribution in [0.2, 0.25) is 0 Å². The van der Waals surface area contributed by atoms with Gasteiger partial charge in [0, 0.05) is 28.7 Å². The Morgan fingerprint density at radius 1 is 0.968 bits per heavy atom. The molecule has 0 fully saturated rings. The van der Waals surface area contributed by atoms with Gasteiger partial charge in [0.2, 0.25) is 0 Å². The quantitative estimate of drug-likeness (QED) is 0.366. The molecule has 156 valence electrons. The van der Waals surface area contributed by atoms with Crippen molar-refractivity contribution in [3.8, 4) is 0 Å². The first-order valence-electron chi connectivity index (χ1n) is 10.3. The lowest BCUT2D eigenvalue weighted by Crippen LogP contribution is -2.43. The third kappa shape index (κ3) is 3.64. The summed E-state index contributed by atoms with van der Waals surface area (Å²) < 4.78 is 2.21. The number of fused-ring (bicyclic) bond motifs is 1. The number of carbonyl (C=O) groups is 1. The fourth-order valence-corrected chi connectivity index (χ4v) is 4.05. The van der Waals surface area contributed by atoms with Crippen LogP contribution in [-0.4, -0.2) is 21.8 Å². The van der Waals surface area contributed by atoms with E-state index < -0.39 is 11.5 Å². The maximum atomic E-state index is 13.2. The second kappa shape index (κ2) is 8.58. The lowest BCUT2D eigenvalue weighted by Gasteiger charge is -2.27. The van der Waals surface area contributed by atoms with Gasteiger partial charge in [0.1, 0.15) is 0 Å². The second-order valence-corrected chi connectivity index (χ2v) is 7.40. The molecule has 2 N–H and O–H groups in total. The van der Waals surface area contributed by atoms with E-state index >= 15 is 0 Å². The molecule has 0 unspecified atom stereocenters. The van der Waals surface area contributed by atoms with Crippen LogP contribution >= 0.6 is 0 Å². The van der Waals surface area contributed by atoms with Crippen LogP contribution < -0.4 is 5.43 Å². The van der Waals surface area contributed by atoms with Gasteiger partial charge in [-0.25, -0.2) is 5.43 Å². The third-order valence-corrected chi connectivity index (χ3v) is 5.67. The standard InChI is InChI=1S/C26H25N3O2/c1-3-29-19(2)23(22-16-10-11-17-24(22)29)18-27-28-25(30)26(31,20-12-6-4-7-13-20)21-14-8-5-9-15-21/h4-18,31H,3H2,1-2H3,(H,28,30)/b27-18-. The molecular formula is C26H25N3O2. The molecule has 0 aliphatic carbocycles. The monoisotopic (exact) mass is 411 g/mol. The molecule has 0 radical (unpaired) electrons.